The third-order valence-corrected chi connectivity index (χ3v) is 5.56. The molecule has 2 heterocycles. The molecule has 1 aliphatic carbocycles. The molecular formula is C21H27N3O5. The van der Waals surface area contributed by atoms with Crippen LogP contribution in [-0.4, -0.2) is 32.3 Å². The summed E-state index contributed by atoms with van der Waals surface area (Å²) in [4.78, 5) is 40.0. The van der Waals surface area contributed by atoms with Gasteiger partial charge in [0.2, 0.25) is 0 Å². The van der Waals surface area contributed by atoms with E-state index < -0.39 is 17.8 Å². The van der Waals surface area contributed by atoms with Gasteiger partial charge in [-0.15, -0.1) is 0 Å². The normalized spacial score (nSPS) is 14.8. The molecule has 8 nitrogen and oxygen atoms in total. The number of fused-ring (bicyclic) bond motifs is 1. The topological polar surface area (TPSA) is 124 Å². The molecule has 3 rings (SSSR count). The number of nitrogens with zero attached hydrogens (tertiary/aromatic N) is 2. The third kappa shape index (κ3) is 4.26. The highest BCUT2D eigenvalue weighted by Gasteiger charge is 2.30. The van der Waals surface area contributed by atoms with E-state index in [9.17, 15) is 14.4 Å². The molecule has 0 radical (unpaired) electrons. The van der Waals surface area contributed by atoms with Gasteiger partial charge in [-0.1, -0.05) is 45.4 Å². The molecule has 0 atom stereocenters. The molecule has 0 aliphatic heterocycles. The predicted molar refractivity (Wildman–Crippen MR) is 106 cm³/mol. The maximum absolute atomic E-state index is 12.8. The summed E-state index contributed by atoms with van der Waals surface area (Å²) >= 11 is 0. The number of hydrogen-bond acceptors (Lipinski definition) is 5. The van der Waals surface area contributed by atoms with Gasteiger partial charge in [0.15, 0.2) is 0 Å². The Morgan fingerprint density at radius 1 is 1.28 bits per heavy atom. The zero-order valence-electron chi connectivity index (χ0n) is 16.9. The number of primary amides is 1. The van der Waals surface area contributed by atoms with E-state index in [1.54, 1.807) is 17.5 Å². The van der Waals surface area contributed by atoms with Crippen LogP contribution >= 0.6 is 0 Å². The molecule has 0 unspecified atom stereocenters. The van der Waals surface area contributed by atoms with Gasteiger partial charge in [0.25, 0.3) is 17.6 Å². The Morgan fingerprint density at radius 3 is 2.55 bits per heavy atom. The van der Waals surface area contributed by atoms with Crippen LogP contribution in [0.25, 0.3) is 5.52 Å². The van der Waals surface area contributed by atoms with Gasteiger partial charge in [-0.25, -0.2) is 9.78 Å². The molecule has 1 saturated carbocycles. The maximum Gasteiger partial charge on any atom is 0.512 e. The number of aromatic nitrogens is 2. The first-order valence-corrected chi connectivity index (χ1v) is 10.1. The molecular weight excluding hydrogens is 374 g/mol. The van der Waals surface area contributed by atoms with Crippen molar-refractivity contribution in [2.75, 3.05) is 0 Å². The first kappa shape index (κ1) is 20.8. The molecule has 156 valence electrons. The summed E-state index contributed by atoms with van der Waals surface area (Å²) in [5, 5.41) is 9.15. The largest absolute Gasteiger partial charge is 0.512 e. The average molecular weight is 401 g/mol. The quantitative estimate of drug-likeness (QED) is 0.416. The molecule has 0 spiro atoms. The van der Waals surface area contributed by atoms with Crippen molar-refractivity contribution in [1.82, 2.24) is 9.38 Å². The summed E-state index contributed by atoms with van der Waals surface area (Å²) in [5.74, 6) is -1.65. The molecule has 0 bridgehead atoms. The van der Waals surface area contributed by atoms with E-state index in [1.165, 1.54) is 19.3 Å². The Morgan fingerprint density at radius 2 is 1.97 bits per heavy atom. The summed E-state index contributed by atoms with van der Waals surface area (Å²) in [6.45, 7) is 3.72. The molecule has 3 N–H and O–H groups in total. The van der Waals surface area contributed by atoms with Crippen LogP contribution in [0.15, 0.2) is 6.20 Å². The van der Waals surface area contributed by atoms with Gasteiger partial charge in [-0.3, -0.25) is 9.59 Å². The second kappa shape index (κ2) is 8.63. The fourth-order valence-electron chi connectivity index (χ4n) is 4.40. The van der Waals surface area contributed by atoms with Crippen LogP contribution in [0.3, 0.4) is 0 Å². The second-order valence-corrected chi connectivity index (χ2v) is 7.73. The van der Waals surface area contributed by atoms with Gasteiger partial charge in [-0.05, 0) is 31.2 Å². The number of amides is 1. The van der Waals surface area contributed by atoms with Gasteiger partial charge >= 0.3 is 6.16 Å². The number of rotatable bonds is 7. The van der Waals surface area contributed by atoms with Crippen LogP contribution < -0.4 is 10.5 Å². The highest BCUT2D eigenvalue weighted by molar-refractivity contribution is 6.44. The van der Waals surface area contributed by atoms with Crippen LogP contribution in [0.1, 0.15) is 72.8 Å². The first-order valence-electron chi connectivity index (χ1n) is 10.1. The van der Waals surface area contributed by atoms with Gasteiger partial charge < -0.3 is 20.0 Å². The Kier molecular flexibility index (Phi) is 6.20. The molecule has 0 aromatic carbocycles. The van der Waals surface area contributed by atoms with Gasteiger partial charge in [0.05, 0.1) is 11.3 Å². The number of hydrogen-bond donors (Lipinski definition) is 2. The number of nitrogens with two attached hydrogens (primary N) is 1. The number of ether oxygens (including phenoxy) is 1. The highest BCUT2D eigenvalue weighted by atomic mass is 16.7. The lowest BCUT2D eigenvalue weighted by Crippen LogP contribution is -2.24. The van der Waals surface area contributed by atoms with Crippen molar-refractivity contribution in [3.63, 3.8) is 0 Å². The van der Waals surface area contributed by atoms with Crippen LogP contribution in [0, 0.1) is 12.8 Å². The standard InChI is InChI=1S/C21H27N3O5/c1-3-7-14-15(10-13-8-5-4-6-9-13)24-11-12(2)23-20(29-21(27)28)17(24)16(14)18(25)19(22)26/h11,13H,3-10H2,1-2H3,(H2,22,26)(H,27,28). The fourth-order valence-corrected chi connectivity index (χ4v) is 4.40. The van der Waals surface area contributed by atoms with E-state index in [2.05, 4.69) is 4.98 Å². The monoisotopic (exact) mass is 401 g/mol. The van der Waals surface area contributed by atoms with Crippen molar-refractivity contribution >= 4 is 23.4 Å². The highest BCUT2D eigenvalue weighted by Crippen LogP contribution is 2.35. The Bertz CT molecular complexity index is 957. The van der Waals surface area contributed by atoms with Crippen molar-refractivity contribution in [1.29, 1.82) is 0 Å². The van der Waals surface area contributed by atoms with Crippen LogP contribution in [0.2, 0.25) is 0 Å². The summed E-state index contributed by atoms with van der Waals surface area (Å²) in [6.07, 6.45) is 8.13. The van der Waals surface area contributed by atoms with Gasteiger partial charge in [-0.2, -0.15) is 0 Å². The van der Waals surface area contributed by atoms with E-state index >= 15 is 0 Å². The van der Waals surface area contributed by atoms with E-state index in [4.69, 9.17) is 15.6 Å². The SMILES string of the molecule is CCCc1c(C(=O)C(N)=O)c2c(OC(=O)O)nc(C)cn2c1CC1CCCCC1. The third-order valence-electron chi connectivity index (χ3n) is 5.56. The number of carbonyl (C=O) groups excluding carboxylic acids is 2. The molecule has 2 aromatic rings. The molecule has 0 saturated heterocycles. The minimum atomic E-state index is -1.53. The minimum Gasteiger partial charge on any atom is -0.449 e. The van der Waals surface area contributed by atoms with E-state index in [1.807, 2.05) is 6.92 Å². The number of aryl methyl sites for hydroxylation is 1. The van der Waals surface area contributed by atoms with Crippen LogP contribution in [0.5, 0.6) is 5.88 Å². The fraction of sp³-hybridized carbons (Fsp3) is 0.524. The second-order valence-electron chi connectivity index (χ2n) is 7.73. The lowest BCUT2D eigenvalue weighted by Gasteiger charge is -2.22. The Balaban J connectivity index is 2.30. The van der Waals surface area contributed by atoms with E-state index in [0.717, 1.165) is 36.9 Å². The van der Waals surface area contributed by atoms with E-state index in [0.29, 0.717) is 18.0 Å². The molecule has 29 heavy (non-hydrogen) atoms. The van der Waals surface area contributed by atoms with Crippen molar-refractivity contribution < 1.29 is 24.2 Å². The van der Waals surface area contributed by atoms with E-state index in [-0.39, 0.29) is 17.0 Å². The summed E-state index contributed by atoms with van der Waals surface area (Å²) in [7, 11) is 0. The van der Waals surface area contributed by atoms with Crippen LogP contribution in [0.4, 0.5) is 4.79 Å². The lowest BCUT2D eigenvalue weighted by atomic mass is 9.85. The minimum absolute atomic E-state index is 0.119. The molecule has 8 heteroatoms. The van der Waals surface area contributed by atoms with Crippen molar-refractivity contribution in [2.45, 2.75) is 65.2 Å². The number of carboxylic acid groups (broad SMARTS) is 1. The zero-order valence-corrected chi connectivity index (χ0v) is 16.9. The first-order chi connectivity index (χ1) is 13.8. The lowest BCUT2D eigenvalue weighted by molar-refractivity contribution is -0.114. The van der Waals surface area contributed by atoms with Gasteiger partial charge in [0.1, 0.15) is 5.52 Å². The summed E-state index contributed by atoms with van der Waals surface area (Å²) < 4.78 is 6.68. The van der Waals surface area contributed by atoms with Crippen molar-refractivity contribution in [3.8, 4) is 5.88 Å². The van der Waals surface area contributed by atoms with Crippen molar-refractivity contribution in [3.05, 3.63) is 28.7 Å². The summed E-state index contributed by atoms with van der Waals surface area (Å²) in [6, 6.07) is 0. The molecule has 2 aromatic heterocycles. The van der Waals surface area contributed by atoms with Crippen molar-refractivity contribution in [2.24, 2.45) is 11.7 Å². The number of Topliss-reactive ketones (excluding diaryl/α,β-unsaturated/α-hetero) is 1. The smallest absolute Gasteiger partial charge is 0.449 e. The number of carbonyl (C=O) groups is 3. The molecule has 1 aliphatic rings. The van der Waals surface area contributed by atoms with Gasteiger partial charge in [0, 0.05) is 11.9 Å². The summed E-state index contributed by atoms with van der Waals surface area (Å²) in [5.41, 5.74) is 7.85. The zero-order chi connectivity index (χ0) is 21.1. The number of ketones is 1. The average Bonchev–Trinajstić information content (AvgIpc) is 2.95. The Hall–Kier alpha value is -2.90. The Labute approximate surface area is 169 Å². The molecule has 1 amide bonds. The molecule has 1 fully saturated rings. The van der Waals surface area contributed by atoms with Crippen LogP contribution in [-0.2, 0) is 17.6 Å². The predicted octanol–water partition coefficient (Wildman–Crippen LogP) is 3.44. The maximum atomic E-state index is 12.8.